The number of aliphatic imine (C=N–C) groups is 1. The molecular formula is C19H24N2. The van der Waals surface area contributed by atoms with Gasteiger partial charge in [-0.05, 0) is 68.6 Å². The van der Waals surface area contributed by atoms with Crippen LogP contribution in [0.2, 0.25) is 0 Å². The van der Waals surface area contributed by atoms with Crippen molar-refractivity contribution < 1.29 is 0 Å². The number of rotatable bonds is 4. The van der Waals surface area contributed by atoms with Crippen LogP contribution in [0.4, 0.5) is 0 Å². The Hall–Kier alpha value is -1.67. The van der Waals surface area contributed by atoms with E-state index in [-0.39, 0.29) is 0 Å². The lowest BCUT2D eigenvalue weighted by atomic mass is 9.87. The first kappa shape index (κ1) is 14.3. The summed E-state index contributed by atoms with van der Waals surface area (Å²) in [7, 11) is 4.27. The molecule has 0 aromatic heterocycles. The van der Waals surface area contributed by atoms with E-state index < -0.39 is 0 Å². The Morgan fingerprint density at radius 3 is 2.95 bits per heavy atom. The highest BCUT2D eigenvalue weighted by atomic mass is 15.0. The van der Waals surface area contributed by atoms with Crippen molar-refractivity contribution in [3.05, 3.63) is 53.1 Å². The zero-order valence-electron chi connectivity index (χ0n) is 13.0. The molecule has 0 spiro atoms. The van der Waals surface area contributed by atoms with Gasteiger partial charge >= 0.3 is 0 Å². The minimum Gasteiger partial charge on any atom is -0.309 e. The number of nitrogens with zero attached hydrogens (tertiary/aromatic N) is 2. The molecule has 0 bridgehead atoms. The van der Waals surface area contributed by atoms with Crippen LogP contribution in [-0.4, -0.2) is 31.8 Å². The summed E-state index contributed by atoms with van der Waals surface area (Å²) in [5, 5.41) is 0. The highest BCUT2D eigenvalue weighted by molar-refractivity contribution is 5.96. The van der Waals surface area contributed by atoms with Gasteiger partial charge in [-0.1, -0.05) is 36.4 Å². The Morgan fingerprint density at radius 2 is 2.10 bits per heavy atom. The van der Waals surface area contributed by atoms with E-state index in [1.165, 1.54) is 28.7 Å². The maximum absolute atomic E-state index is 4.89. The highest BCUT2D eigenvalue weighted by Crippen LogP contribution is 2.37. The van der Waals surface area contributed by atoms with Gasteiger partial charge in [-0.15, -0.1) is 0 Å². The minimum atomic E-state index is 0.306. The number of allylic oxidation sites excluding steroid dienone is 4. The summed E-state index contributed by atoms with van der Waals surface area (Å²) < 4.78 is 0. The van der Waals surface area contributed by atoms with Crippen LogP contribution < -0.4 is 0 Å². The second-order valence-electron chi connectivity index (χ2n) is 6.20. The van der Waals surface area contributed by atoms with Gasteiger partial charge in [0.2, 0.25) is 0 Å². The number of benzene rings is 1. The summed E-state index contributed by atoms with van der Waals surface area (Å²) in [5.74, 6) is 0. The molecule has 1 atom stereocenters. The first-order valence-electron chi connectivity index (χ1n) is 7.92. The zero-order valence-corrected chi connectivity index (χ0v) is 13.0. The lowest BCUT2D eigenvalue weighted by Gasteiger charge is -2.18. The van der Waals surface area contributed by atoms with Gasteiger partial charge in [-0.25, -0.2) is 0 Å². The van der Waals surface area contributed by atoms with Gasteiger partial charge in [-0.2, -0.15) is 0 Å². The third kappa shape index (κ3) is 3.16. The fourth-order valence-corrected chi connectivity index (χ4v) is 3.24. The Labute approximate surface area is 127 Å². The molecule has 2 aliphatic rings. The maximum Gasteiger partial charge on any atom is 0.0755 e. The first-order chi connectivity index (χ1) is 10.3. The Morgan fingerprint density at radius 1 is 1.24 bits per heavy atom. The number of fused-ring (bicyclic) bond motifs is 2. The molecule has 0 saturated heterocycles. The quantitative estimate of drug-likeness (QED) is 0.804. The summed E-state index contributed by atoms with van der Waals surface area (Å²) in [5.41, 5.74) is 5.62. The van der Waals surface area contributed by atoms with Crippen LogP contribution in [0.25, 0.3) is 5.57 Å². The molecule has 0 N–H and O–H groups in total. The molecule has 0 saturated carbocycles. The smallest absolute Gasteiger partial charge is 0.0755 e. The van der Waals surface area contributed by atoms with Crippen molar-refractivity contribution in [2.24, 2.45) is 4.99 Å². The van der Waals surface area contributed by atoms with Crippen LogP contribution in [0.3, 0.4) is 0 Å². The molecule has 3 rings (SSSR count). The Bertz CT molecular complexity index is 593. The highest BCUT2D eigenvalue weighted by Gasteiger charge is 2.21. The van der Waals surface area contributed by atoms with Gasteiger partial charge < -0.3 is 4.90 Å². The third-order valence-corrected chi connectivity index (χ3v) is 4.33. The third-order valence-electron chi connectivity index (χ3n) is 4.33. The number of hydrogen-bond acceptors (Lipinski definition) is 2. The summed E-state index contributed by atoms with van der Waals surface area (Å²) in [6.45, 7) is 1.13. The predicted molar refractivity (Wildman–Crippen MR) is 90.8 cm³/mol. The van der Waals surface area contributed by atoms with Gasteiger partial charge in [0, 0.05) is 6.21 Å². The summed E-state index contributed by atoms with van der Waals surface area (Å²) in [4.78, 5) is 7.14. The largest absolute Gasteiger partial charge is 0.309 e. The fraction of sp³-hybridized carbons (Fsp3) is 0.421. The van der Waals surface area contributed by atoms with Crippen molar-refractivity contribution in [2.75, 3.05) is 20.6 Å². The standard InChI is InChI=1S/C19H24N2/c1-21(2)13-7-12-19-18-11-6-5-10-17(18)16-9-4-3-8-15(16)14-20-19/h3,5-6,8,10-11,14,19H,4,7,9,12-13H2,1-2H3. The molecule has 1 heterocycles. The lowest BCUT2D eigenvalue weighted by Crippen LogP contribution is -2.13. The lowest BCUT2D eigenvalue weighted by molar-refractivity contribution is 0.386. The average molecular weight is 280 g/mol. The molecular weight excluding hydrogens is 256 g/mol. The van der Waals surface area contributed by atoms with Crippen molar-refractivity contribution in [1.29, 1.82) is 0 Å². The predicted octanol–water partition coefficient (Wildman–Crippen LogP) is 4.26. The Balaban J connectivity index is 1.90. The van der Waals surface area contributed by atoms with Gasteiger partial charge in [0.05, 0.1) is 6.04 Å². The molecule has 1 unspecified atom stereocenters. The SMILES string of the molecule is CN(C)CCCC1N=CC2=C(CCC=C2)c2ccccc21. The van der Waals surface area contributed by atoms with E-state index >= 15 is 0 Å². The zero-order chi connectivity index (χ0) is 14.7. The molecule has 110 valence electrons. The minimum absolute atomic E-state index is 0.306. The molecule has 1 aliphatic carbocycles. The van der Waals surface area contributed by atoms with Gasteiger partial charge in [-0.3, -0.25) is 4.99 Å². The van der Waals surface area contributed by atoms with E-state index in [0.29, 0.717) is 6.04 Å². The van der Waals surface area contributed by atoms with Gasteiger partial charge in [0.1, 0.15) is 0 Å². The van der Waals surface area contributed by atoms with Crippen LogP contribution >= 0.6 is 0 Å². The van der Waals surface area contributed by atoms with Gasteiger partial charge in [0.15, 0.2) is 0 Å². The van der Waals surface area contributed by atoms with E-state index in [9.17, 15) is 0 Å². The molecule has 2 nitrogen and oxygen atoms in total. The fourth-order valence-electron chi connectivity index (χ4n) is 3.24. The maximum atomic E-state index is 4.89. The van der Waals surface area contributed by atoms with Gasteiger partial charge in [0.25, 0.3) is 0 Å². The molecule has 2 heteroatoms. The molecule has 1 aromatic rings. The van der Waals surface area contributed by atoms with E-state index in [2.05, 4.69) is 61.6 Å². The van der Waals surface area contributed by atoms with Crippen LogP contribution in [0.5, 0.6) is 0 Å². The summed E-state index contributed by atoms with van der Waals surface area (Å²) >= 11 is 0. The van der Waals surface area contributed by atoms with E-state index in [4.69, 9.17) is 4.99 Å². The average Bonchev–Trinajstić information content (AvgIpc) is 2.65. The van der Waals surface area contributed by atoms with Crippen molar-refractivity contribution in [1.82, 2.24) is 4.90 Å². The molecule has 1 aliphatic heterocycles. The molecule has 21 heavy (non-hydrogen) atoms. The second-order valence-corrected chi connectivity index (χ2v) is 6.20. The molecule has 1 aromatic carbocycles. The van der Waals surface area contributed by atoms with Crippen molar-refractivity contribution in [3.8, 4) is 0 Å². The van der Waals surface area contributed by atoms with Crippen LogP contribution in [-0.2, 0) is 0 Å². The normalized spacial score (nSPS) is 20.4. The summed E-state index contributed by atoms with van der Waals surface area (Å²) in [6.07, 6.45) is 11.2. The van der Waals surface area contributed by atoms with E-state index in [1.807, 2.05) is 0 Å². The second kappa shape index (κ2) is 6.40. The van der Waals surface area contributed by atoms with Crippen LogP contribution in [0.15, 0.2) is 47.0 Å². The van der Waals surface area contributed by atoms with Crippen LogP contribution in [0.1, 0.15) is 42.9 Å². The topological polar surface area (TPSA) is 15.6 Å². The summed E-state index contributed by atoms with van der Waals surface area (Å²) in [6, 6.07) is 9.15. The first-order valence-corrected chi connectivity index (χ1v) is 7.92. The Kier molecular flexibility index (Phi) is 4.35. The van der Waals surface area contributed by atoms with Crippen molar-refractivity contribution >= 4 is 11.8 Å². The van der Waals surface area contributed by atoms with Crippen LogP contribution in [0, 0.1) is 0 Å². The molecule has 0 amide bonds. The molecule has 0 fully saturated rings. The van der Waals surface area contributed by atoms with E-state index in [1.54, 1.807) is 0 Å². The van der Waals surface area contributed by atoms with Crippen molar-refractivity contribution in [2.45, 2.75) is 31.7 Å². The van der Waals surface area contributed by atoms with E-state index in [0.717, 1.165) is 25.8 Å². The van der Waals surface area contributed by atoms with Crippen molar-refractivity contribution in [3.63, 3.8) is 0 Å². The molecule has 0 radical (unpaired) electrons. The number of hydrogen-bond donors (Lipinski definition) is 0. The monoisotopic (exact) mass is 280 g/mol.